The van der Waals surface area contributed by atoms with Crippen LogP contribution in [-0.4, -0.2) is 84.8 Å². The van der Waals surface area contributed by atoms with Crippen LogP contribution in [0.3, 0.4) is 0 Å². The maximum Gasteiger partial charge on any atom is 0.247 e. The molecule has 3 unspecified atom stereocenters. The largest absolute Gasteiger partial charge is 0.339 e. The van der Waals surface area contributed by atoms with Gasteiger partial charge in [-0.2, -0.15) is 0 Å². The summed E-state index contributed by atoms with van der Waals surface area (Å²) in [4.78, 5) is 45.1. The molecule has 2 aromatic rings. The van der Waals surface area contributed by atoms with Crippen LogP contribution in [0, 0.1) is 17.7 Å². The molecule has 3 amide bonds. The normalized spacial score (nSPS) is 25.0. The van der Waals surface area contributed by atoms with Crippen molar-refractivity contribution in [2.45, 2.75) is 12.5 Å². The molecule has 184 valence electrons. The maximum atomic E-state index is 13.6. The molecule has 2 aromatic carbocycles. The van der Waals surface area contributed by atoms with E-state index in [4.69, 9.17) is 0 Å². The predicted octanol–water partition coefficient (Wildman–Crippen LogP) is 1.14. The third-order valence-electron chi connectivity index (χ3n) is 7.24. The number of nitrogens with zero attached hydrogens (tertiary/aromatic N) is 4. The average molecular weight is 480 g/mol. The monoisotopic (exact) mass is 479 g/mol. The third-order valence-corrected chi connectivity index (χ3v) is 7.24. The number of hydrogen-bond donors (Lipinski definition) is 1. The van der Waals surface area contributed by atoms with E-state index in [0.29, 0.717) is 39.3 Å². The molecule has 3 saturated heterocycles. The van der Waals surface area contributed by atoms with Crippen LogP contribution < -0.4 is 10.4 Å². The van der Waals surface area contributed by atoms with Crippen LogP contribution in [0.2, 0.25) is 0 Å². The molecule has 8 nitrogen and oxygen atoms in total. The first-order valence-electron chi connectivity index (χ1n) is 12.1. The molecule has 0 spiro atoms. The number of fused-ring (bicyclic) bond motifs is 1. The van der Waals surface area contributed by atoms with Gasteiger partial charge in [0.1, 0.15) is 5.82 Å². The minimum Gasteiger partial charge on any atom is -0.339 e. The zero-order valence-corrected chi connectivity index (χ0v) is 19.8. The van der Waals surface area contributed by atoms with Crippen LogP contribution >= 0.6 is 0 Å². The second-order valence-corrected chi connectivity index (χ2v) is 9.61. The van der Waals surface area contributed by atoms with Gasteiger partial charge in [0.2, 0.25) is 17.7 Å². The van der Waals surface area contributed by atoms with Crippen LogP contribution in [0.5, 0.6) is 0 Å². The molecular formula is C26H30FN5O3. The number of halogens is 1. The van der Waals surface area contributed by atoms with Gasteiger partial charge in [0.05, 0.1) is 30.0 Å². The van der Waals surface area contributed by atoms with Crippen LogP contribution in [0.25, 0.3) is 0 Å². The van der Waals surface area contributed by atoms with Crippen molar-refractivity contribution in [1.82, 2.24) is 20.1 Å². The summed E-state index contributed by atoms with van der Waals surface area (Å²) in [5, 5.41) is 1.58. The lowest BCUT2D eigenvalue weighted by molar-refractivity contribution is -0.144. The predicted molar refractivity (Wildman–Crippen MR) is 129 cm³/mol. The van der Waals surface area contributed by atoms with Crippen molar-refractivity contribution in [1.29, 1.82) is 0 Å². The number of benzene rings is 2. The molecule has 3 aliphatic heterocycles. The Morgan fingerprint density at radius 2 is 1.60 bits per heavy atom. The first-order chi connectivity index (χ1) is 16.9. The van der Waals surface area contributed by atoms with Crippen LogP contribution in [0.15, 0.2) is 54.6 Å². The van der Waals surface area contributed by atoms with E-state index in [0.717, 1.165) is 11.3 Å². The molecule has 3 fully saturated rings. The molecule has 35 heavy (non-hydrogen) atoms. The number of piperazine rings is 1. The summed E-state index contributed by atoms with van der Waals surface area (Å²) in [6.07, 6.45) is 0.215. The number of hydrogen-bond acceptors (Lipinski definition) is 5. The van der Waals surface area contributed by atoms with Gasteiger partial charge in [-0.05, 0) is 36.9 Å². The number of carbonyl (C=O) groups excluding carboxylic acids is 3. The lowest BCUT2D eigenvalue weighted by Gasteiger charge is -2.41. The van der Waals surface area contributed by atoms with Gasteiger partial charge in [-0.1, -0.05) is 30.3 Å². The van der Waals surface area contributed by atoms with Crippen LogP contribution in [-0.2, 0) is 20.8 Å². The highest BCUT2D eigenvalue weighted by Gasteiger charge is 2.51. The molecule has 1 N–H and O–H groups in total. The van der Waals surface area contributed by atoms with E-state index in [1.807, 2.05) is 42.3 Å². The van der Waals surface area contributed by atoms with Gasteiger partial charge >= 0.3 is 0 Å². The van der Waals surface area contributed by atoms with E-state index < -0.39 is 0 Å². The number of nitrogens with one attached hydrogen (secondary N) is 1. The fourth-order valence-electron chi connectivity index (χ4n) is 5.35. The Balaban J connectivity index is 1.22. The van der Waals surface area contributed by atoms with Gasteiger partial charge < -0.3 is 14.7 Å². The highest BCUT2D eigenvalue weighted by atomic mass is 19.1. The number of hydrazine groups is 1. The average Bonchev–Trinajstić information content (AvgIpc) is 3.21. The number of anilines is 1. The molecule has 3 atom stereocenters. The molecule has 0 radical (unpaired) electrons. The van der Waals surface area contributed by atoms with E-state index >= 15 is 0 Å². The molecule has 0 aliphatic carbocycles. The van der Waals surface area contributed by atoms with Gasteiger partial charge in [0, 0.05) is 39.3 Å². The second kappa shape index (κ2) is 9.75. The van der Waals surface area contributed by atoms with Gasteiger partial charge in [-0.3, -0.25) is 14.4 Å². The fourth-order valence-corrected chi connectivity index (χ4v) is 5.35. The Kier molecular flexibility index (Phi) is 6.53. The second-order valence-electron chi connectivity index (χ2n) is 9.61. The molecule has 9 heteroatoms. The summed E-state index contributed by atoms with van der Waals surface area (Å²) in [6, 6.07) is 15.1. The molecule has 3 aliphatic rings. The van der Waals surface area contributed by atoms with Crippen molar-refractivity contribution in [2.75, 3.05) is 51.3 Å². The minimum atomic E-state index is -0.349. The smallest absolute Gasteiger partial charge is 0.247 e. The quantitative estimate of drug-likeness (QED) is 0.712. The maximum absolute atomic E-state index is 13.6. The number of para-hydroxylation sites is 1. The van der Waals surface area contributed by atoms with E-state index in [1.165, 1.54) is 12.1 Å². The third kappa shape index (κ3) is 4.78. The highest BCUT2D eigenvalue weighted by molar-refractivity contribution is 5.98. The van der Waals surface area contributed by atoms with Crippen molar-refractivity contribution in [3.63, 3.8) is 0 Å². The van der Waals surface area contributed by atoms with Crippen molar-refractivity contribution in [3.05, 3.63) is 66.0 Å². The Morgan fingerprint density at radius 1 is 0.943 bits per heavy atom. The van der Waals surface area contributed by atoms with E-state index in [-0.39, 0.29) is 47.8 Å². The minimum absolute atomic E-state index is 0.0123. The Labute approximate surface area is 204 Å². The summed E-state index contributed by atoms with van der Waals surface area (Å²) in [5.74, 6) is -0.981. The molecule has 0 bridgehead atoms. The molecule has 0 aromatic heterocycles. The Bertz CT molecular complexity index is 1090. The molecule has 3 heterocycles. The van der Waals surface area contributed by atoms with E-state index in [9.17, 15) is 18.8 Å². The number of piperidine rings is 1. The van der Waals surface area contributed by atoms with Crippen LogP contribution in [0.1, 0.15) is 5.56 Å². The van der Waals surface area contributed by atoms with Crippen molar-refractivity contribution < 1.29 is 18.8 Å². The summed E-state index contributed by atoms with van der Waals surface area (Å²) >= 11 is 0. The zero-order chi connectivity index (χ0) is 24.5. The van der Waals surface area contributed by atoms with Gasteiger partial charge in [-0.25, -0.2) is 14.8 Å². The topological polar surface area (TPSA) is 76.2 Å². The Hall–Kier alpha value is -3.30. The first kappa shape index (κ1) is 23.4. The fraction of sp³-hybridized carbons (Fsp3) is 0.423. The van der Waals surface area contributed by atoms with E-state index in [2.05, 4.69) is 10.3 Å². The van der Waals surface area contributed by atoms with E-state index in [1.54, 1.807) is 22.0 Å². The number of carbonyl (C=O) groups is 3. The van der Waals surface area contributed by atoms with Gasteiger partial charge in [-0.15, -0.1) is 0 Å². The summed E-state index contributed by atoms with van der Waals surface area (Å²) in [5.41, 5.74) is 4.87. The zero-order valence-electron chi connectivity index (χ0n) is 19.8. The molecule has 5 rings (SSSR count). The first-order valence-corrected chi connectivity index (χ1v) is 12.1. The number of rotatable bonds is 4. The summed E-state index contributed by atoms with van der Waals surface area (Å²) < 4.78 is 13.1. The molecular weight excluding hydrogens is 449 g/mol. The van der Waals surface area contributed by atoms with Crippen molar-refractivity contribution in [2.24, 2.45) is 11.8 Å². The number of likely N-dealkylation sites (tertiary alicyclic amines) is 1. The summed E-state index contributed by atoms with van der Waals surface area (Å²) in [7, 11) is 1.95. The number of amides is 3. The summed E-state index contributed by atoms with van der Waals surface area (Å²) in [6.45, 7) is 3.03. The van der Waals surface area contributed by atoms with Crippen molar-refractivity contribution >= 4 is 23.4 Å². The lowest BCUT2D eigenvalue weighted by Crippen LogP contribution is -2.59. The standard InChI is InChI=1S/C26H30FN5O3/c1-29-16-21(24-22(17-29)26(35)32(28-24)20-5-3-2-4-6-20)25(34)31-13-11-30(12-14-31)23(33)15-18-7-9-19(27)10-8-18/h2-10,21-22,24,28H,11-17H2,1H3. The highest BCUT2D eigenvalue weighted by Crippen LogP contribution is 2.32. The SMILES string of the molecule is CN1CC(C(=O)N2CCN(C(=O)Cc3ccc(F)cc3)CC2)C2NN(c3ccccc3)C(=O)C2C1. The Morgan fingerprint density at radius 3 is 2.29 bits per heavy atom. The molecule has 0 saturated carbocycles. The lowest BCUT2D eigenvalue weighted by atomic mass is 9.84. The van der Waals surface area contributed by atoms with Gasteiger partial charge in [0.25, 0.3) is 0 Å². The van der Waals surface area contributed by atoms with Crippen LogP contribution in [0.4, 0.5) is 10.1 Å². The van der Waals surface area contributed by atoms with Gasteiger partial charge in [0.15, 0.2) is 0 Å². The van der Waals surface area contributed by atoms with Crippen molar-refractivity contribution in [3.8, 4) is 0 Å².